The topological polar surface area (TPSA) is 72.8 Å². The molecule has 0 bridgehead atoms. The van der Waals surface area contributed by atoms with Crippen molar-refractivity contribution in [3.05, 3.63) is 0 Å². The Bertz CT molecular complexity index is 179. The quantitative estimate of drug-likeness (QED) is 0.524. The third-order valence-corrected chi connectivity index (χ3v) is 1.36. The van der Waals surface area contributed by atoms with Crippen molar-refractivity contribution >= 4 is 11.8 Å². The maximum atomic E-state index is 10.5. The minimum Gasteiger partial charge on any atom is -0.464 e. The second kappa shape index (κ2) is 14.1. The normalized spacial score (nSPS) is 9.00. The van der Waals surface area contributed by atoms with E-state index in [9.17, 15) is 9.59 Å². The summed E-state index contributed by atoms with van der Waals surface area (Å²) in [5.41, 5.74) is 0. The number of hydrogen-bond acceptors (Lipinski definition) is 5. The van der Waals surface area contributed by atoms with Crippen LogP contribution in [0.1, 0.15) is 33.6 Å². The van der Waals surface area contributed by atoms with Crippen LogP contribution in [-0.2, 0) is 19.1 Å². The molecule has 0 radical (unpaired) electrons. The van der Waals surface area contributed by atoms with Crippen LogP contribution in [0.5, 0.6) is 0 Å². The summed E-state index contributed by atoms with van der Waals surface area (Å²) >= 11 is 0. The largest absolute Gasteiger partial charge is 0.464 e. The van der Waals surface area contributed by atoms with Crippen molar-refractivity contribution < 1.29 is 24.2 Å². The lowest BCUT2D eigenvalue weighted by Gasteiger charge is -2.00. The predicted octanol–water partition coefficient (Wildman–Crippen LogP) is 0.934. The van der Waals surface area contributed by atoms with E-state index in [4.69, 9.17) is 5.11 Å². The van der Waals surface area contributed by atoms with Gasteiger partial charge in [0, 0.05) is 6.42 Å². The van der Waals surface area contributed by atoms with Crippen LogP contribution in [0.15, 0.2) is 0 Å². The van der Waals surface area contributed by atoms with E-state index in [2.05, 4.69) is 9.47 Å². The first-order chi connectivity index (χ1) is 7.58. The highest BCUT2D eigenvalue weighted by molar-refractivity contribution is 5.75. The number of rotatable bonds is 7. The zero-order valence-corrected chi connectivity index (χ0v) is 10.3. The average molecular weight is 234 g/mol. The van der Waals surface area contributed by atoms with Gasteiger partial charge in [-0.25, -0.2) is 4.79 Å². The fourth-order valence-electron chi connectivity index (χ4n) is 0.775. The Kier molecular flexibility index (Phi) is 15.3. The molecule has 5 heteroatoms. The van der Waals surface area contributed by atoms with E-state index in [0.29, 0.717) is 6.61 Å². The minimum atomic E-state index is -0.393. The third-order valence-electron chi connectivity index (χ3n) is 1.36. The highest BCUT2D eigenvalue weighted by atomic mass is 16.6. The number of hydrogen-bond donors (Lipinski definition) is 1. The van der Waals surface area contributed by atoms with Gasteiger partial charge in [-0.15, -0.1) is 0 Å². The zero-order valence-electron chi connectivity index (χ0n) is 10.3. The Hall–Kier alpha value is -0.940. The van der Waals surface area contributed by atoms with Crippen molar-refractivity contribution in [2.45, 2.75) is 33.6 Å². The molecule has 0 spiro atoms. The number of Topliss-reactive ketones (excluding diaryl/α,β-unsaturated/α-hetero) is 1. The fraction of sp³-hybridized carbons (Fsp3) is 0.818. The number of ether oxygens (including phenoxy) is 2. The standard InChI is InChI=1S/C6H12O4.C5H10O/c1-2-10-6(8)5-9-4-3-7;1-3-4-5(2)6/h7H,2-5H2,1H3;3-4H2,1-2H3. The molecule has 1 N–H and O–H groups in total. The summed E-state index contributed by atoms with van der Waals surface area (Å²) in [6.45, 7) is 5.74. The monoisotopic (exact) mass is 234 g/mol. The van der Waals surface area contributed by atoms with Crippen LogP contribution in [0.25, 0.3) is 0 Å². The van der Waals surface area contributed by atoms with Crippen LogP contribution < -0.4 is 0 Å². The molecule has 5 nitrogen and oxygen atoms in total. The summed E-state index contributed by atoms with van der Waals surface area (Å²) in [5, 5.41) is 8.23. The van der Waals surface area contributed by atoms with Gasteiger partial charge in [0.25, 0.3) is 0 Å². The summed E-state index contributed by atoms with van der Waals surface area (Å²) in [7, 11) is 0. The lowest BCUT2D eigenvalue weighted by Crippen LogP contribution is -2.13. The van der Waals surface area contributed by atoms with Crippen molar-refractivity contribution in [2.75, 3.05) is 26.4 Å². The summed E-state index contributed by atoms with van der Waals surface area (Å²) < 4.78 is 9.22. The smallest absolute Gasteiger partial charge is 0.332 e. The highest BCUT2D eigenvalue weighted by Gasteiger charge is 1.98. The average Bonchev–Trinajstić information content (AvgIpc) is 2.19. The molecule has 0 aliphatic heterocycles. The Morgan fingerprint density at radius 3 is 2.19 bits per heavy atom. The first-order valence-corrected chi connectivity index (χ1v) is 5.42. The van der Waals surface area contributed by atoms with Gasteiger partial charge in [-0.2, -0.15) is 0 Å². The number of esters is 1. The molecule has 0 aromatic carbocycles. The molecule has 0 amide bonds. The van der Waals surface area contributed by atoms with Crippen molar-refractivity contribution in [2.24, 2.45) is 0 Å². The van der Waals surface area contributed by atoms with Gasteiger partial charge in [0.05, 0.1) is 19.8 Å². The number of carbonyl (C=O) groups excluding carboxylic acids is 2. The molecule has 0 heterocycles. The van der Waals surface area contributed by atoms with E-state index in [-0.39, 0.29) is 25.6 Å². The van der Waals surface area contributed by atoms with Crippen LogP contribution >= 0.6 is 0 Å². The molecule has 16 heavy (non-hydrogen) atoms. The molecular weight excluding hydrogens is 212 g/mol. The molecule has 0 saturated carbocycles. The van der Waals surface area contributed by atoms with Crippen LogP contribution in [0.4, 0.5) is 0 Å². The fourth-order valence-corrected chi connectivity index (χ4v) is 0.775. The molecule has 0 aromatic heterocycles. The molecule has 0 fully saturated rings. The van der Waals surface area contributed by atoms with Crippen molar-refractivity contribution in [3.8, 4) is 0 Å². The lowest BCUT2D eigenvalue weighted by atomic mass is 10.3. The first kappa shape index (κ1) is 17.5. The predicted molar refractivity (Wildman–Crippen MR) is 60.1 cm³/mol. The van der Waals surface area contributed by atoms with Crippen molar-refractivity contribution in [3.63, 3.8) is 0 Å². The van der Waals surface area contributed by atoms with Gasteiger partial charge >= 0.3 is 5.97 Å². The summed E-state index contributed by atoms with van der Waals surface area (Å²) in [6, 6.07) is 0. The third kappa shape index (κ3) is 18.8. The van der Waals surface area contributed by atoms with E-state index >= 15 is 0 Å². The molecule has 0 saturated heterocycles. The Morgan fingerprint density at radius 2 is 1.88 bits per heavy atom. The van der Waals surface area contributed by atoms with Crippen molar-refractivity contribution in [1.29, 1.82) is 0 Å². The van der Waals surface area contributed by atoms with E-state index in [1.54, 1.807) is 13.8 Å². The number of carbonyl (C=O) groups is 2. The van der Waals surface area contributed by atoms with Crippen molar-refractivity contribution in [1.82, 2.24) is 0 Å². The van der Waals surface area contributed by atoms with E-state index in [0.717, 1.165) is 12.8 Å². The molecular formula is C11H22O5. The van der Waals surface area contributed by atoms with Crippen LogP contribution in [0.3, 0.4) is 0 Å². The highest BCUT2D eigenvalue weighted by Crippen LogP contribution is 1.84. The second-order valence-corrected chi connectivity index (χ2v) is 3.03. The summed E-state index contributed by atoms with van der Waals surface area (Å²) in [6.07, 6.45) is 1.72. The molecule has 96 valence electrons. The van der Waals surface area contributed by atoms with E-state index in [1.165, 1.54) is 0 Å². The summed E-state index contributed by atoms with van der Waals surface area (Å²) in [5.74, 6) is -0.103. The zero-order chi connectivity index (χ0) is 12.8. The van der Waals surface area contributed by atoms with Gasteiger partial charge < -0.3 is 19.4 Å². The van der Waals surface area contributed by atoms with Crippen LogP contribution in [0, 0.1) is 0 Å². The lowest BCUT2D eigenvalue weighted by molar-refractivity contribution is -0.148. The Balaban J connectivity index is 0. The molecule has 0 rings (SSSR count). The molecule has 0 aliphatic carbocycles. The van der Waals surface area contributed by atoms with Gasteiger partial charge in [0.1, 0.15) is 12.4 Å². The maximum absolute atomic E-state index is 10.5. The van der Waals surface area contributed by atoms with E-state index < -0.39 is 5.97 Å². The van der Waals surface area contributed by atoms with Crippen LogP contribution in [-0.4, -0.2) is 43.3 Å². The van der Waals surface area contributed by atoms with Gasteiger partial charge in [0.15, 0.2) is 0 Å². The molecule has 0 unspecified atom stereocenters. The Labute approximate surface area is 96.7 Å². The number of aliphatic hydroxyl groups excluding tert-OH is 1. The molecule has 0 aromatic rings. The molecule has 0 aliphatic rings. The van der Waals surface area contributed by atoms with Gasteiger partial charge in [-0.1, -0.05) is 6.92 Å². The van der Waals surface area contributed by atoms with Gasteiger partial charge in [0.2, 0.25) is 0 Å². The van der Waals surface area contributed by atoms with Crippen LogP contribution in [0.2, 0.25) is 0 Å². The first-order valence-electron chi connectivity index (χ1n) is 5.42. The van der Waals surface area contributed by atoms with Gasteiger partial charge in [-0.3, -0.25) is 0 Å². The second-order valence-electron chi connectivity index (χ2n) is 3.03. The number of aliphatic hydroxyl groups is 1. The number of ketones is 1. The van der Waals surface area contributed by atoms with E-state index in [1.807, 2.05) is 6.92 Å². The SMILES string of the molecule is CCCC(C)=O.CCOC(=O)COCCO. The maximum Gasteiger partial charge on any atom is 0.332 e. The molecule has 0 atom stereocenters. The van der Waals surface area contributed by atoms with Gasteiger partial charge in [-0.05, 0) is 20.3 Å². The minimum absolute atomic E-state index is 0.0700. The Morgan fingerprint density at radius 1 is 1.25 bits per heavy atom. The summed E-state index contributed by atoms with van der Waals surface area (Å²) in [4.78, 5) is 20.5.